The van der Waals surface area contributed by atoms with E-state index in [1.807, 2.05) is 25.1 Å². The Balaban J connectivity index is 1.59. The molecule has 0 amide bonds. The third-order valence-corrected chi connectivity index (χ3v) is 4.49. The number of rotatable bonds is 6. The van der Waals surface area contributed by atoms with Crippen LogP contribution in [0.5, 0.6) is 5.75 Å². The first kappa shape index (κ1) is 22.3. The fourth-order valence-electron chi connectivity index (χ4n) is 2.82. The van der Waals surface area contributed by atoms with E-state index >= 15 is 0 Å². The number of alkyl halides is 3. The molecule has 1 aromatic heterocycles. The summed E-state index contributed by atoms with van der Waals surface area (Å²) in [5.74, 6) is 0.0950. The molecule has 0 fully saturated rings. The number of aryl methyl sites for hydroxylation is 2. The smallest absolute Gasteiger partial charge is 0.406 e. The van der Waals surface area contributed by atoms with Gasteiger partial charge < -0.3 is 15.4 Å². The topological polar surface area (TPSA) is 64.0 Å². The molecule has 0 radical (unpaired) electrons. The van der Waals surface area contributed by atoms with Crippen molar-refractivity contribution in [1.82, 2.24) is 20.1 Å². The van der Waals surface area contributed by atoms with Crippen LogP contribution in [-0.4, -0.2) is 26.2 Å². The van der Waals surface area contributed by atoms with E-state index in [2.05, 4.69) is 32.4 Å². The molecular formula is C21H20F3N5OS. The molecule has 0 spiro atoms. The Kier molecular flexibility index (Phi) is 6.91. The van der Waals surface area contributed by atoms with Crippen LogP contribution >= 0.6 is 12.2 Å². The molecule has 1 heterocycles. The van der Waals surface area contributed by atoms with E-state index in [0.29, 0.717) is 16.6 Å². The van der Waals surface area contributed by atoms with Gasteiger partial charge in [0, 0.05) is 18.0 Å². The van der Waals surface area contributed by atoms with Gasteiger partial charge in [-0.25, -0.2) is 9.67 Å². The van der Waals surface area contributed by atoms with Gasteiger partial charge in [0.2, 0.25) is 0 Å². The molecule has 0 saturated heterocycles. The normalized spacial score (nSPS) is 11.5. The van der Waals surface area contributed by atoms with Crippen LogP contribution < -0.4 is 15.4 Å². The maximum Gasteiger partial charge on any atom is 0.573 e. The lowest BCUT2D eigenvalue weighted by Crippen LogP contribution is -2.24. The molecule has 3 rings (SSSR count). The number of thiocarbonyl (C=S) groups is 1. The second kappa shape index (κ2) is 9.61. The first-order chi connectivity index (χ1) is 14.7. The number of halogens is 3. The van der Waals surface area contributed by atoms with Gasteiger partial charge in [-0.2, -0.15) is 0 Å². The summed E-state index contributed by atoms with van der Waals surface area (Å²) >= 11 is 5.34. The summed E-state index contributed by atoms with van der Waals surface area (Å²) in [6.45, 7) is 4.09. The number of anilines is 1. The van der Waals surface area contributed by atoms with Crippen molar-refractivity contribution in [3.8, 4) is 11.4 Å². The molecule has 0 saturated carbocycles. The molecule has 3 aromatic rings. The summed E-state index contributed by atoms with van der Waals surface area (Å²) in [6.07, 6.45) is 0.847. The van der Waals surface area contributed by atoms with E-state index in [0.717, 1.165) is 17.7 Å². The monoisotopic (exact) mass is 447 g/mol. The van der Waals surface area contributed by atoms with Gasteiger partial charge in [-0.15, -0.1) is 18.3 Å². The summed E-state index contributed by atoms with van der Waals surface area (Å²) in [7, 11) is 0. The Morgan fingerprint density at radius 2 is 1.94 bits per heavy atom. The van der Waals surface area contributed by atoms with Crippen molar-refractivity contribution in [1.29, 1.82) is 0 Å². The first-order valence-electron chi connectivity index (χ1n) is 9.35. The zero-order valence-electron chi connectivity index (χ0n) is 16.8. The Bertz CT molecular complexity index is 1080. The lowest BCUT2D eigenvalue weighted by Gasteiger charge is -2.14. The zero-order chi connectivity index (χ0) is 22.4. The molecule has 2 aromatic carbocycles. The van der Waals surface area contributed by atoms with Gasteiger partial charge in [0.1, 0.15) is 12.1 Å². The minimum atomic E-state index is -4.73. The average Bonchev–Trinajstić information content (AvgIpc) is 3.18. The number of aromatic nitrogens is 3. The highest BCUT2D eigenvalue weighted by Gasteiger charge is 2.30. The highest BCUT2D eigenvalue weighted by Crippen LogP contribution is 2.23. The molecule has 0 atom stereocenters. The van der Waals surface area contributed by atoms with Gasteiger partial charge in [-0.05, 0) is 61.0 Å². The molecule has 162 valence electrons. The molecule has 0 bridgehead atoms. The van der Waals surface area contributed by atoms with Crippen molar-refractivity contribution in [2.45, 2.75) is 26.6 Å². The fourth-order valence-corrected chi connectivity index (χ4v) is 2.99. The van der Waals surface area contributed by atoms with Crippen LogP contribution in [0.25, 0.3) is 11.8 Å². The van der Waals surface area contributed by atoms with E-state index in [1.54, 1.807) is 12.3 Å². The Labute approximate surface area is 182 Å². The largest absolute Gasteiger partial charge is 0.573 e. The minimum Gasteiger partial charge on any atom is -0.406 e. The maximum atomic E-state index is 12.2. The van der Waals surface area contributed by atoms with E-state index < -0.39 is 6.36 Å². The third kappa shape index (κ3) is 6.29. The summed E-state index contributed by atoms with van der Waals surface area (Å²) in [6, 6.07) is 11.4. The number of ether oxygens (including phenoxy) is 1. The van der Waals surface area contributed by atoms with Crippen molar-refractivity contribution < 1.29 is 17.9 Å². The SMILES string of the molecule is CCc1cccc(C)c1NC(=S)N/C=C/c1ncn(-c2ccc(OC(F)(F)F)cc2)n1. The lowest BCUT2D eigenvalue weighted by molar-refractivity contribution is -0.274. The molecule has 31 heavy (non-hydrogen) atoms. The third-order valence-electron chi connectivity index (χ3n) is 4.27. The van der Waals surface area contributed by atoms with Crippen LogP contribution in [0.3, 0.4) is 0 Å². The van der Waals surface area contributed by atoms with Gasteiger partial charge in [0.15, 0.2) is 10.9 Å². The quantitative estimate of drug-likeness (QED) is 0.519. The first-order valence-corrected chi connectivity index (χ1v) is 9.76. The van der Waals surface area contributed by atoms with Crippen molar-refractivity contribution in [2.75, 3.05) is 5.32 Å². The van der Waals surface area contributed by atoms with Gasteiger partial charge in [0.05, 0.1) is 5.69 Å². The Hall–Kier alpha value is -3.40. The second-order valence-electron chi connectivity index (χ2n) is 6.48. The lowest BCUT2D eigenvalue weighted by atomic mass is 10.1. The van der Waals surface area contributed by atoms with Crippen molar-refractivity contribution in [3.63, 3.8) is 0 Å². The highest BCUT2D eigenvalue weighted by atomic mass is 32.1. The van der Waals surface area contributed by atoms with E-state index in [1.165, 1.54) is 40.8 Å². The van der Waals surface area contributed by atoms with E-state index in [-0.39, 0.29) is 5.75 Å². The van der Waals surface area contributed by atoms with Crippen LogP contribution in [0.4, 0.5) is 18.9 Å². The van der Waals surface area contributed by atoms with Gasteiger partial charge in [0.25, 0.3) is 0 Å². The zero-order valence-corrected chi connectivity index (χ0v) is 17.6. The van der Waals surface area contributed by atoms with E-state index in [4.69, 9.17) is 12.2 Å². The number of benzene rings is 2. The maximum absolute atomic E-state index is 12.2. The van der Waals surface area contributed by atoms with E-state index in [9.17, 15) is 13.2 Å². The fraction of sp³-hybridized carbons (Fsp3) is 0.190. The van der Waals surface area contributed by atoms with Crippen LogP contribution in [0.1, 0.15) is 23.9 Å². The van der Waals surface area contributed by atoms with Crippen LogP contribution in [0, 0.1) is 6.92 Å². The van der Waals surface area contributed by atoms with Crippen LogP contribution in [0.2, 0.25) is 0 Å². The molecule has 0 aliphatic carbocycles. The van der Waals surface area contributed by atoms with Crippen LogP contribution in [0.15, 0.2) is 55.0 Å². The molecular weight excluding hydrogens is 427 g/mol. The molecule has 6 nitrogen and oxygen atoms in total. The highest BCUT2D eigenvalue weighted by molar-refractivity contribution is 7.80. The van der Waals surface area contributed by atoms with Gasteiger partial charge in [-0.3, -0.25) is 0 Å². The van der Waals surface area contributed by atoms with Crippen molar-refractivity contribution in [2.24, 2.45) is 0 Å². The Morgan fingerprint density at radius 3 is 2.61 bits per heavy atom. The predicted octanol–water partition coefficient (Wildman–Crippen LogP) is 4.99. The van der Waals surface area contributed by atoms with Crippen molar-refractivity contribution >= 4 is 29.1 Å². The second-order valence-corrected chi connectivity index (χ2v) is 6.89. The summed E-state index contributed by atoms with van der Waals surface area (Å²) < 4.78 is 42.0. The summed E-state index contributed by atoms with van der Waals surface area (Å²) in [4.78, 5) is 4.15. The van der Waals surface area contributed by atoms with Crippen LogP contribution in [-0.2, 0) is 6.42 Å². The molecule has 0 aliphatic rings. The van der Waals surface area contributed by atoms with Crippen molar-refractivity contribution in [3.05, 3.63) is 71.9 Å². The number of para-hydroxylation sites is 1. The number of hydrogen-bond acceptors (Lipinski definition) is 4. The predicted molar refractivity (Wildman–Crippen MR) is 117 cm³/mol. The Morgan fingerprint density at radius 1 is 1.19 bits per heavy atom. The molecule has 0 aliphatic heterocycles. The average molecular weight is 447 g/mol. The molecule has 2 N–H and O–H groups in total. The summed E-state index contributed by atoms with van der Waals surface area (Å²) in [5.41, 5.74) is 3.79. The number of hydrogen-bond donors (Lipinski definition) is 2. The molecule has 10 heteroatoms. The van der Waals surface area contributed by atoms with Gasteiger partial charge in [-0.1, -0.05) is 25.1 Å². The number of nitrogens with one attached hydrogen (secondary N) is 2. The number of nitrogens with zero attached hydrogens (tertiary/aromatic N) is 3. The van der Waals surface area contributed by atoms with Gasteiger partial charge >= 0.3 is 6.36 Å². The molecule has 0 unspecified atom stereocenters. The minimum absolute atomic E-state index is 0.304. The standard InChI is InChI=1S/C21H20F3N5OS/c1-3-15-6-4-5-14(2)19(15)27-20(31)25-12-11-18-26-13-29(28-18)16-7-9-17(10-8-16)30-21(22,23)24/h4-13H,3H2,1-2H3,(H2,25,27,31)/b12-11+. The summed E-state index contributed by atoms with van der Waals surface area (Å²) in [5, 5.41) is 10.9.